The van der Waals surface area contributed by atoms with Crippen molar-refractivity contribution in [1.29, 1.82) is 0 Å². The number of nitrogens with one attached hydrogen (secondary N) is 3. The fourth-order valence-corrected chi connectivity index (χ4v) is 2.22. The largest absolute Gasteiger partial charge is 0.353 e. The summed E-state index contributed by atoms with van der Waals surface area (Å²) in [5, 5.41) is 10.8. The minimum absolute atomic E-state index is 0.0325. The molecule has 1 amide bonds. The van der Waals surface area contributed by atoms with E-state index in [4.69, 9.17) is 0 Å². The fraction of sp³-hybridized carbons (Fsp3) is 0.250. The van der Waals surface area contributed by atoms with Crippen molar-refractivity contribution in [1.82, 2.24) is 20.5 Å². The van der Waals surface area contributed by atoms with Crippen molar-refractivity contribution >= 4 is 16.8 Å². The molecule has 3 rings (SSSR count). The van der Waals surface area contributed by atoms with Gasteiger partial charge in [0.25, 0.3) is 5.91 Å². The van der Waals surface area contributed by atoms with Crippen molar-refractivity contribution in [2.75, 3.05) is 6.54 Å². The maximum atomic E-state index is 12.1. The Labute approximate surface area is 122 Å². The highest BCUT2D eigenvalue weighted by molar-refractivity contribution is 5.98. The molecule has 0 aliphatic carbocycles. The molecule has 5 heteroatoms. The van der Waals surface area contributed by atoms with Gasteiger partial charge in [0.05, 0.1) is 11.4 Å². The van der Waals surface area contributed by atoms with Crippen LogP contribution in [0, 0.1) is 5.92 Å². The molecule has 3 N–H and O–H groups in total. The molecule has 0 aliphatic heterocycles. The first-order valence-electron chi connectivity index (χ1n) is 7.04. The van der Waals surface area contributed by atoms with Crippen molar-refractivity contribution < 1.29 is 4.79 Å². The third-order valence-corrected chi connectivity index (χ3v) is 3.34. The van der Waals surface area contributed by atoms with Gasteiger partial charge in [-0.3, -0.25) is 9.89 Å². The van der Waals surface area contributed by atoms with Gasteiger partial charge < -0.3 is 10.3 Å². The average molecular weight is 282 g/mol. The summed E-state index contributed by atoms with van der Waals surface area (Å²) in [6, 6.07) is 9.59. The number of fused-ring (bicyclic) bond motifs is 1. The van der Waals surface area contributed by atoms with Crippen LogP contribution in [0.25, 0.3) is 22.3 Å². The normalized spacial score (nSPS) is 11.2. The Bertz CT molecular complexity index is 756. The lowest BCUT2D eigenvalue weighted by atomic mass is 10.1. The third kappa shape index (κ3) is 2.81. The minimum atomic E-state index is -0.0325. The van der Waals surface area contributed by atoms with Crippen molar-refractivity contribution in [2.24, 2.45) is 5.92 Å². The van der Waals surface area contributed by atoms with Gasteiger partial charge in [0.1, 0.15) is 0 Å². The molecule has 3 aromatic rings. The second-order valence-electron chi connectivity index (χ2n) is 5.56. The van der Waals surface area contributed by atoms with Crippen LogP contribution in [0.15, 0.2) is 36.5 Å². The first-order chi connectivity index (χ1) is 10.1. The molecule has 108 valence electrons. The zero-order chi connectivity index (χ0) is 14.8. The summed E-state index contributed by atoms with van der Waals surface area (Å²) in [7, 11) is 0. The Morgan fingerprint density at radius 1 is 1.24 bits per heavy atom. The van der Waals surface area contributed by atoms with Crippen LogP contribution in [-0.4, -0.2) is 27.6 Å². The Morgan fingerprint density at radius 2 is 2.10 bits per heavy atom. The van der Waals surface area contributed by atoms with E-state index < -0.39 is 0 Å². The van der Waals surface area contributed by atoms with Crippen molar-refractivity contribution in [2.45, 2.75) is 13.8 Å². The van der Waals surface area contributed by atoms with E-state index in [2.05, 4.69) is 34.3 Å². The van der Waals surface area contributed by atoms with Crippen LogP contribution in [0.5, 0.6) is 0 Å². The number of nitrogens with zero attached hydrogens (tertiary/aromatic N) is 1. The van der Waals surface area contributed by atoms with Gasteiger partial charge in [-0.1, -0.05) is 13.8 Å². The van der Waals surface area contributed by atoms with E-state index in [-0.39, 0.29) is 5.91 Å². The van der Waals surface area contributed by atoms with E-state index in [0.717, 1.165) is 22.3 Å². The number of H-pyrrole nitrogens is 2. The predicted molar refractivity (Wildman–Crippen MR) is 83.1 cm³/mol. The number of hydrogen-bond donors (Lipinski definition) is 3. The summed E-state index contributed by atoms with van der Waals surface area (Å²) in [5.41, 5.74) is 3.57. The van der Waals surface area contributed by atoms with E-state index in [0.29, 0.717) is 18.0 Å². The maximum absolute atomic E-state index is 12.1. The van der Waals surface area contributed by atoms with Gasteiger partial charge in [0.2, 0.25) is 0 Å². The molecule has 21 heavy (non-hydrogen) atoms. The van der Waals surface area contributed by atoms with Gasteiger partial charge in [-0.05, 0) is 36.2 Å². The summed E-state index contributed by atoms with van der Waals surface area (Å²) in [5.74, 6) is 0.409. The van der Waals surface area contributed by atoms with Crippen LogP contribution in [0.1, 0.15) is 24.2 Å². The topological polar surface area (TPSA) is 73.6 Å². The molecule has 0 aliphatic rings. The molecule has 0 saturated heterocycles. The number of aromatic nitrogens is 3. The quantitative estimate of drug-likeness (QED) is 0.688. The maximum Gasteiger partial charge on any atom is 0.251 e. The molecule has 5 nitrogen and oxygen atoms in total. The van der Waals surface area contributed by atoms with Crippen LogP contribution in [0.2, 0.25) is 0 Å². The summed E-state index contributed by atoms with van der Waals surface area (Å²) in [6.07, 6.45) is 1.71. The molecule has 0 atom stereocenters. The van der Waals surface area contributed by atoms with Gasteiger partial charge in [-0.25, -0.2) is 0 Å². The molecule has 0 spiro atoms. The molecule has 2 heterocycles. The third-order valence-electron chi connectivity index (χ3n) is 3.34. The Hall–Kier alpha value is -2.56. The number of rotatable bonds is 4. The van der Waals surface area contributed by atoms with Crippen LogP contribution >= 0.6 is 0 Å². The number of amides is 1. The fourth-order valence-electron chi connectivity index (χ4n) is 2.22. The van der Waals surface area contributed by atoms with E-state index in [9.17, 15) is 4.79 Å². The lowest BCUT2D eigenvalue weighted by molar-refractivity contribution is 0.0949. The monoisotopic (exact) mass is 282 g/mol. The van der Waals surface area contributed by atoms with Crippen molar-refractivity contribution in [3.63, 3.8) is 0 Å². The average Bonchev–Trinajstić information content (AvgIpc) is 3.11. The molecule has 0 unspecified atom stereocenters. The molecule has 0 fully saturated rings. The summed E-state index contributed by atoms with van der Waals surface area (Å²) in [6.45, 7) is 4.84. The Morgan fingerprint density at radius 3 is 2.81 bits per heavy atom. The molecule has 0 radical (unpaired) electrons. The standard InChI is InChI=1S/C16H18N4O/c1-10(2)9-17-16(21)11-3-4-13-12(7-11)8-15(19-13)14-5-6-18-20-14/h3-8,10,19H,9H2,1-2H3,(H,17,21)(H,18,20). The Kier molecular flexibility index (Phi) is 3.48. The summed E-state index contributed by atoms with van der Waals surface area (Å²) < 4.78 is 0. The summed E-state index contributed by atoms with van der Waals surface area (Å²) >= 11 is 0. The molecule has 0 saturated carbocycles. The zero-order valence-electron chi connectivity index (χ0n) is 12.1. The minimum Gasteiger partial charge on any atom is -0.353 e. The van der Waals surface area contributed by atoms with Crippen LogP contribution in [-0.2, 0) is 0 Å². The molecule has 0 bridgehead atoms. The number of carbonyl (C=O) groups excluding carboxylic acids is 1. The van der Waals surface area contributed by atoms with Crippen molar-refractivity contribution in [3.05, 3.63) is 42.1 Å². The predicted octanol–water partition coefficient (Wildman–Crippen LogP) is 2.94. The van der Waals surface area contributed by atoms with Gasteiger partial charge in [0.15, 0.2) is 0 Å². The van der Waals surface area contributed by atoms with Crippen LogP contribution in [0.4, 0.5) is 0 Å². The number of hydrogen-bond acceptors (Lipinski definition) is 2. The lowest BCUT2D eigenvalue weighted by Gasteiger charge is -2.07. The molecule has 2 aromatic heterocycles. The SMILES string of the molecule is CC(C)CNC(=O)c1ccc2[nH]c(-c3ccn[nH]3)cc2c1. The van der Waals surface area contributed by atoms with E-state index >= 15 is 0 Å². The van der Waals surface area contributed by atoms with Crippen molar-refractivity contribution in [3.8, 4) is 11.4 Å². The van der Waals surface area contributed by atoms with Gasteiger partial charge in [-0.2, -0.15) is 5.10 Å². The van der Waals surface area contributed by atoms with E-state index in [1.54, 1.807) is 6.20 Å². The lowest BCUT2D eigenvalue weighted by Crippen LogP contribution is -2.27. The van der Waals surface area contributed by atoms with Gasteiger partial charge in [-0.15, -0.1) is 0 Å². The Balaban J connectivity index is 1.88. The van der Waals surface area contributed by atoms with Gasteiger partial charge in [0, 0.05) is 29.2 Å². The van der Waals surface area contributed by atoms with Crippen LogP contribution in [0.3, 0.4) is 0 Å². The smallest absolute Gasteiger partial charge is 0.251 e. The first kappa shape index (κ1) is 13.4. The molecular formula is C16H18N4O. The number of aromatic amines is 2. The van der Waals surface area contributed by atoms with Gasteiger partial charge >= 0.3 is 0 Å². The van der Waals surface area contributed by atoms with Crippen LogP contribution < -0.4 is 5.32 Å². The highest BCUT2D eigenvalue weighted by Gasteiger charge is 2.09. The zero-order valence-corrected chi connectivity index (χ0v) is 12.1. The second kappa shape index (κ2) is 5.44. The second-order valence-corrected chi connectivity index (χ2v) is 5.56. The first-order valence-corrected chi connectivity index (χ1v) is 7.04. The summed E-state index contributed by atoms with van der Waals surface area (Å²) in [4.78, 5) is 15.4. The highest BCUT2D eigenvalue weighted by atomic mass is 16.1. The van der Waals surface area contributed by atoms with E-state index in [1.807, 2.05) is 30.3 Å². The number of carbonyl (C=O) groups is 1. The van der Waals surface area contributed by atoms with E-state index in [1.165, 1.54) is 0 Å². The highest BCUT2D eigenvalue weighted by Crippen LogP contribution is 2.23. The number of benzene rings is 1. The molecule has 1 aromatic carbocycles. The molecular weight excluding hydrogens is 264 g/mol.